The Bertz CT molecular complexity index is 729. The quantitative estimate of drug-likeness (QED) is 0.697. The van der Waals surface area contributed by atoms with Crippen molar-refractivity contribution in [2.45, 2.75) is 6.42 Å². The molecule has 0 aromatic heterocycles. The van der Waals surface area contributed by atoms with E-state index < -0.39 is 29.7 Å². The Hall–Kier alpha value is -2.15. The van der Waals surface area contributed by atoms with Crippen LogP contribution in [-0.2, 0) is 9.59 Å². The van der Waals surface area contributed by atoms with Gasteiger partial charge >= 0.3 is 11.9 Å². The topological polar surface area (TPSA) is 104 Å². The molecule has 0 radical (unpaired) electrons. The van der Waals surface area contributed by atoms with Crippen molar-refractivity contribution < 1.29 is 24.6 Å². The highest BCUT2D eigenvalue weighted by Crippen LogP contribution is 2.48. The minimum Gasteiger partial charge on any atom is -0.481 e. The number of aliphatic carboxylic acids is 1. The van der Waals surface area contributed by atoms with Gasteiger partial charge in [0.25, 0.3) is 0 Å². The number of rotatable bonds is 4. The molecular weight excluding hydrogens is 366 g/mol. The molecule has 23 heavy (non-hydrogen) atoms. The van der Waals surface area contributed by atoms with Crippen molar-refractivity contribution >= 4 is 39.5 Å². The smallest absolute Gasteiger partial charge is 0.335 e. The number of fused-ring (bicyclic) bond motifs is 2. The van der Waals surface area contributed by atoms with E-state index in [1.807, 2.05) is 12.2 Å². The average molecular weight is 380 g/mol. The van der Waals surface area contributed by atoms with E-state index in [0.717, 1.165) is 0 Å². The van der Waals surface area contributed by atoms with Crippen LogP contribution in [0.5, 0.6) is 0 Å². The molecule has 1 aromatic carbocycles. The summed E-state index contributed by atoms with van der Waals surface area (Å²) >= 11 is 3.26. The summed E-state index contributed by atoms with van der Waals surface area (Å²) in [6, 6.07) is 4.31. The Balaban J connectivity index is 1.85. The molecule has 7 heteroatoms. The van der Waals surface area contributed by atoms with E-state index in [-0.39, 0.29) is 17.4 Å². The molecular formula is C16H14BrNO5. The Morgan fingerprint density at radius 2 is 1.74 bits per heavy atom. The standard InChI is InChI=1S/C16H14BrNO5/c17-10-4-3-9(15(20)21)6-11(10)18-14(19)12-7-1-2-8(5-7)13(12)16(22)23/h1-4,6-8,12-13H,5H2,(H,18,19)(H,20,21)(H,22,23)/t7-,8-,12-,13+/m0/s1. The Labute approximate surface area is 140 Å². The van der Waals surface area contributed by atoms with Gasteiger partial charge in [0.2, 0.25) is 5.91 Å². The molecule has 4 atom stereocenters. The molecule has 6 nitrogen and oxygen atoms in total. The number of carboxylic acid groups (broad SMARTS) is 2. The van der Waals surface area contributed by atoms with Crippen molar-refractivity contribution in [3.63, 3.8) is 0 Å². The van der Waals surface area contributed by atoms with E-state index in [1.54, 1.807) is 0 Å². The lowest BCUT2D eigenvalue weighted by Crippen LogP contribution is -2.36. The first-order valence-corrected chi connectivity index (χ1v) is 7.92. The van der Waals surface area contributed by atoms with Gasteiger partial charge in [0, 0.05) is 4.47 Å². The number of nitrogens with one attached hydrogen (secondary N) is 1. The maximum absolute atomic E-state index is 12.6. The van der Waals surface area contributed by atoms with Crippen LogP contribution >= 0.6 is 15.9 Å². The monoisotopic (exact) mass is 379 g/mol. The number of halogens is 1. The minimum atomic E-state index is -1.10. The molecule has 0 saturated heterocycles. The highest BCUT2D eigenvalue weighted by Gasteiger charge is 2.51. The number of carbonyl (C=O) groups excluding carboxylic acids is 1. The first-order valence-electron chi connectivity index (χ1n) is 7.13. The summed E-state index contributed by atoms with van der Waals surface area (Å²) < 4.78 is 0.543. The number of benzene rings is 1. The second kappa shape index (κ2) is 5.81. The third-order valence-electron chi connectivity index (χ3n) is 4.52. The number of carbonyl (C=O) groups is 3. The van der Waals surface area contributed by atoms with Gasteiger partial charge in [0.05, 0.1) is 23.1 Å². The van der Waals surface area contributed by atoms with Crippen molar-refractivity contribution in [1.29, 1.82) is 0 Å². The molecule has 0 unspecified atom stereocenters. The normalized spacial score (nSPS) is 27.9. The Morgan fingerprint density at radius 3 is 2.35 bits per heavy atom. The van der Waals surface area contributed by atoms with Crippen LogP contribution in [0, 0.1) is 23.7 Å². The molecule has 2 aliphatic rings. The lowest BCUT2D eigenvalue weighted by atomic mass is 9.82. The third-order valence-corrected chi connectivity index (χ3v) is 5.21. The number of hydrogen-bond acceptors (Lipinski definition) is 3. The fourth-order valence-electron chi connectivity index (χ4n) is 3.49. The van der Waals surface area contributed by atoms with E-state index in [1.165, 1.54) is 18.2 Å². The predicted molar refractivity (Wildman–Crippen MR) is 85.1 cm³/mol. The Kier molecular flexibility index (Phi) is 3.97. The van der Waals surface area contributed by atoms with Crippen LogP contribution < -0.4 is 5.32 Å². The lowest BCUT2D eigenvalue weighted by molar-refractivity contribution is -0.146. The molecule has 0 spiro atoms. The molecule has 1 aromatic rings. The van der Waals surface area contributed by atoms with Gasteiger partial charge in [-0.2, -0.15) is 0 Å². The van der Waals surface area contributed by atoms with E-state index in [2.05, 4.69) is 21.2 Å². The van der Waals surface area contributed by atoms with Crippen molar-refractivity contribution in [3.8, 4) is 0 Å². The van der Waals surface area contributed by atoms with Gasteiger partial charge in [-0.05, 0) is 52.4 Å². The first kappa shape index (κ1) is 15.7. The fraction of sp³-hybridized carbons (Fsp3) is 0.312. The highest BCUT2D eigenvalue weighted by molar-refractivity contribution is 9.10. The zero-order chi connectivity index (χ0) is 16.7. The summed E-state index contributed by atoms with van der Waals surface area (Å²) in [5.41, 5.74) is 0.372. The number of amides is 1. The maximum Gasteiger partial charge on any atom is 0.335 e. The number of carboxylic acids is 2. The lowest BCUT2D eigenvalue weighted by Gasteiger charge is -2.24. The molecule has 1 amide bonds. The van der Waals surface area contributed by atoms with Gasteiger partial charge in [-0.15, -0.1) is 0 Å². The summed E-state index contributed by atoms with van der Waals surface area (Å²) in [4.78, 5) is 35.1. The van der Waals surface area contributed by atoms with Gasteiger partial charge in [-0.3, -0.25) is 9.59 Å². The molecule has 0 heterocycles. The van der Waals surface area contributed by atoms with Crippen LogP contribution in [0.15, 0.2) is 34.8 Å². The second-order valence-electron chi connectivity index (χ2n) is 5.83. The Morgan fingerprint density at radius 1 is 1.09 bits per heavy atom. The number of aromatic carboxylic acids is 1. The SMILES string of the molecule is O=C(O)c1ccc(Br)c(NC(=O)[C@@H]2[C@H](C(=O)O)[C@H]3C=C[C@H]2C3)c1. The van der Waals surface area contributed by atoms with Crippen LogP contribution in [0.1, 0.15) is 16.8 Å². The van der Waals surface area contributed by atoms with E-state index in [9.17, 15) is 19.5 Å². The molecule has 3 rings (SSSR count). The summed E-state index contributed by atoms with van der Waals surface area (Å²) in [7, 11) is 0. The van der Waals surface area contributed by atoms with E-state index >= 15 is 0 Å². The van der Waals surface area contributed by atoms with Gasteiger partial charge in [0.15, 0.2) is 0 Å². The number of anilines is 1. The molecule has 3 N–H and O–H groups in total. The van der Waals surface area contributed by atoms with Gasteiger partial charge in [0.1, 0.15) is 0 Å². The summed E-state index contributed by atoms with van der Waals surface area (Å²) in [5, 5.41) is 21.1. The summed E-state index contributed by atoms with van der Waals surface area (Å²) in [5.74, 6) is -4.02. The van der Waals surface area contributed by atoms with Gasteiger partial charge in [-0.1, -0.05) is 12.2 Å². The molecule has 2 bridgehead atoms. The zero-order valence-corrected chi connectivity index (χ0v) is 13.5. The second-order valence-corrected chi connectivity index (χ2v) is 6.68. The average Bonchev–Trinajstić information content (AvgIpc) is 3.09. The van der Waals surface area contributed by atoms with Crippen LogP contribution in [0.25, 0.3) is 0 Å². The molecule has 1 saturated carbocycles. The van der Waals surface area contributed by atoms with Gasteiger partial charge < -0.3 is 15.5 Å². The fourth-order valence-corrected chi connectivity index (χ4v) is 3.83. The van der Waals surface area contributed by atoms with E-state index in [0.29, 0.717) is 16.6 Å². The molecule has 2 aliphatic carbocycles. The van der Waals surface area contributed by atoms with Crippen molar-refractivity contribution in [3.05, 3.63) is 40.4 Å². The first-order chi connectivity index (χ1) is 10.9. The van der Waals surface area contributed by atoms with Crippen molar-refractivity contribution in [2.75, 3.05) is 5.32 Å². The van der Waals surface area contributed by atoms with Crippen molar-refractivity contribution in [1.82, 2.24) is 0 Å². The van der Waals surface area contributed by atoms with Crippen LogP contribution in [-0.4, -0.2) is 28.1 Å². The minimum absolute atomic E-state index is 0.0473. The number of hydrogen-bond donors (Lipinski definition) is 3. The van der Waals surface area contributed by atoms with Crippen LogP contribution in [0.3, 0.4) is 0 Å². The largest absolute Gasteiger partial charge is 0.481 e. The third kappa shape index (κ3) is 2.76. The van der Waals surface area contributed by atoms with Crippen molar-refractivity contribution in [2.24, 2.45) is 23.7 Å². The predicted octanol–water partition coefficient (Wildman–Crippen LogP) is 2.61. The molecule has 1 fully saturated rings. The number of allylic oxidation sites excluding steroid dienone is 2. The summed E-state index contributed by atoms with van der Waals surface area (Å²) in [6.07, 6.45) is 4.44. The van der Waals surface area contributed by atoms with Crippen LogP contribution in [0.4, 0.5) is 5.69 Å². The zero-order valence-electron chi connectivity index (χ0n) is 11.9. The van der Waals surface area contributed by atoms with Crippen LogP contribution in [0.2, 0.25) is 0 Å². The maximum atomic E-state index is 12.6. The highest BCUT2D eigenvalue weighted by atomic mass is 79.9. The summed E-state index contributed by atoms with van der Waals surface area (Å²) in [6.45, 7) is 0. The van der Waals surface area contributed by atoms with Gasteiger partial charge in [-0.25, -0.2) is 4.79 Å². The van der Waals surface area contributed by atoms with E-state index in [4.69, 9.17) is 5.11 Å². The molecule has 0 aliphatic heterocycles. The molecule has 120 valence electrons.